The summed E-state index contributed by atoms with van der Waals surface area (Å²) < 4.78 is 0. The third-order valence-electron chi connectivity index (χ3n) is 5.36. The zero-order valence-corrected chi connectivity index (χ0v) is 16.2. The first-order valence-corrected chi connectivity index (χ1v) is 9.71. The number of nitro groups is 1. The van der Waals surface area contributed by atoms with Crippen molar-refractivity contribution in [2.45, 2.75) is 25.3 Å². The molecule has 3 aromatic carbocycles. The summed E-state index contributed by atoms with van der Waals surface area (Å²) in [5.41, 5.74) is 5.44. The Morgan fingerprint density at radius 2 is 1.41 bits per heavy atom. The van der Waals surface area contributed by atoms with E-state index in [1.54, 1.807) is 6.92 Å². The van der Waals surface area contributed by atoms with Crippen LogP contribution in [0.25, 0.3) is 5.57 Å². The zero-order valence-electron chi connectivity index (χ0n) is 16.2. The first kappa shape index (κ1) is 18.8. The summed E-state index contributed by atoms with van der Waals surface area (Å²) in [7, 11) is 0. The summed E-state index contributed by atoms with van der Waals surface area (Å²) in [6, 6.07) is 28.9. The van der Waals surface area contributed by atoms with Crippen LogP contribution in [0.2, 0.25) is 0 Å². The topological polar surface area (TPSA) is 55.5 Å². The van der Waals surface area contributed by atoms with Gasteiger partial charge in [-0.1, -0.05) is 91.0 Å². The minimum atomic E-state index is -0.882. The van der Waals surface area contributed by atoms with Gasteiger partial charge in [-0.25, -0.2) is 0 Å². The molecule has 0 amide bonds. The van der Waals surface area contributed by atoms with E-state index in [0.717, 1.165) is 28.0 Å². The van der Waals surface area contributed by atoms with Gasteiger partial charge in [-0.05, 0) is 29.2 Å². The number of allylic oxidation sites excluding steroid dienone is 1. The number of benzene rings is 3. The largest absolute Gasteiger partial charge is 0.264 e. The highest BCUT2D eigenvalue weighted by Crippen LogP contribution is 2.42. The van der Waals surface area contributed by atoms with Gasteiger partial charge in [-0.15, -0.1) is 0 Å². The van der Waals surface area contributed by atoms with Crippen LogP contribution in [0.4, 0.5) is 0 Å². The standard InChI is InChI=1S/C25H22N2O2/c1-18-25(27(28)29)24(21-15-9-4-10-16-21)23(20-13-7-3-8-14-20)22(26-18)17-19-11-5-2-6-12-19/h2-16,24-25H,17H2,1H3. The molecule has 144 valence electrons. The molecule has 0 saturated carbocycles. The van der Waals surface area contributed by atoms with E-state index >= 15 is 0 Å². The van der Waals surface area contributed by atoms with Crippen molar-refractivity contribution >= 4 is 11.3 Å². The summed E-state index contributed by atoms with van der Waals surface area (Å²) in [4.78, 5) is 16.7. The maximum atomic E-state index is 12.1. The van der Waals surface area contributed by atoms with E-state index in [1.807, 2.05) is 78.9 Å². The fourth-order valence-corrected chi connectivity index (χ4v) is 4.09. The van der Waals surface area contributed by atoms with Crippen molar-refractivity contribution < 1.29 is 4.92 Å². The fourth-order valence-electron chi connectivity index (χ4n) is 4.09. The zero-order chi connectivity index (χ0) is 20.2. The Bertz CT molecular complexity index is 1060. The van der Waals surface area contributed by atoms with Crippen molar-refractivity contribution in [3.05, 3.63) is 123 Å². The maximum Gasteiger partial charge on any atom is 0.261 e. The van der Waals surface area contributed by atoms with Gasteiger partial charge in [0.25, 0.3) is 6.04 Å². The van der Waals surface area contributed by atoms with E-state index in [4.69, 9.17) is 4.99 Å². The third-order valence-corrected chi connectivity index (χ3v) is 5.36. The van der Waals surface area contributed by atoms with Gasteiger partial charge in [0, 0.05) is 17.0 Å². The average Bonchev–Trinajstić information content (AvgIpc) is 2.75. The van der Waals surface area contributed by atoms with Gasteiger partial charge in [0.05, 0.1) is 11.6 Å². The molecule has 0 aromatic heterocycles. The molecule has 0 N–H and O–H groups in total. The second-order valence-corrected chi connectivity index (χ2v) is 7.26. The van der Waals surface area contributed by atoms with E-state index in [0.29, 0.717) is 12.1 Å². The third kappa shape index (κ3) is 3.87. The van der Waals surface area contributed by atoms with E-state index in [-0.39, 0.29) is 10.8 Å². The Labute approximate surface area is 170 Å². The van der Waals surface area contributed by atoms with Crippen LogP contribution >= 0.6 is 0 Å². The molecule has 1 heterocycles. The van der Waals surface area contributed by atoms with Crippen molar-refractivity contribution in [2.24, 2.45) is 4.99 Å². The smallest absolute Gasteiger partial charge is 0.261 e. The predicted molar refractivity (Wildman–Crippen MR) is 117 cm³/mol. The Morgan fingerprint density at radius 3 is 2.00 bits per heavy atom. The maximum absolute atomic E-state index is 12.1. The summed E-state index contributed by atoms with van der Waals surface area (Å²) in [5.74, 6) is -0.384. The number of hydrogen-bond donors (Lipinski definition) is 0. The molecule has 0 aliphatic carbocycles. The van der Waals surface area contributed by atoms with Crippen LogP contribution in [0.1, 0.15) is 29.5 Å². The van der Waals surface area contributed by atoms with Gasteiger partial charge in [-0.2, -0.15) is 0 Å². The van der Waals surface area contributed by atoms with Crippen LogP contribution in [-0.2, 0) is 6.42 Å². The van der Waals surface area contributed by atoms with Crippen LogP contribution in [0.5, 0.6) is 0 Å². The van der Waals surface area contributed by atoms with Crippen molar-refractivity contribution in [2.75, 3.05) is 0 Å². The van der Waals surface area contributed by atoms with Gasteiger partial charge in [0.2, 0.25) is 0 Å². The van der Waals surface area contributed by atoms with Crippen molar-refractivity contribution in [1.29, 1.82) is 0 Å². The molecule has 0 radical (unpaired) electrons. The predicted octanol–water partition coefficient (Wildman–Crippen LogP) is 5.54. The molecule has 4 rings (SSSR count). The highest BCUT2D eigenvalue weighted by atomic mass is 16.6. The molecule has 2 unspecified atom stereocenters. The lowest BCUT2D eigenvalue weighted by Crippen LogP contribution is -2.38. The number of aliphatic imine (C=N–C) groups is 1. The van der Waals surface area contributed by atoms with Gasteiger partial charge in [0.15, 0.2) is 0 Å². The second-order valence-electron chi connectivity index (χ2n) is 7.26. The van der Waals surface area contributed by atoms with Crippen molar-refractivity contribution in [1.82, 2.24) is 0 Å². The van der Waals surface area contributed by atoms with E-state index in [9.17, 15) is 10.1 Å². The fraction of sp³-hybridized carbons (Fsp3) is 0.160. The van der Waals surface area contributed by atoms with Gasteiger partial charge >= 0.3 is 0 Å². The molecule has 29 heavy (non-hydrogen) atoms. The first-order chi connectivity index (χ1) is 14.1. The van der Waals surface area contributed by atoms with Crippen LogP contribution in [0.3, 0.4) is 0 Å². The Morgan fingerprint density at radius 1 is 0.862 bits per heavy atom. The molecule has 1 aliphatic rings. The van der Waals surface area contributed by atoms with Crippen molar-refractivity contribution in [3.63, 3.8) is 0 Å². The highest BCUT2D eigenvalue weighted by molar-refractivity contribution is 5.95. The van der Waals surface area contributed by atoms with Gasteiger partial charge < -0.3 is 0 Å². The number of hydrogen-bond acceptors (Lipinski definition) is 3. The summed E-state index contributed by atoms with van der Waals surface area (Å²) >= 11 is 0. The summed E-state index contributed by atoms with van der Waals surface area (Å²) in [6.45, 7) is 1.77. The monoisotopic (exact) mass is 382 g/mol. The van der Waals surface area contributed by atoms with Crippen LogP contribution in [0, 0.1) is 10.1 Å². The van der Waals surface area contributed by atoms with E-state index in [1.165, 1.54) is 0 Å². The Kier molecular flexibility index (Phi) is 5.34. The lowest BCUT2D eigenvalue weighted by molar-refractivity contribution is -0.504. The molecular formula is C25H22N2O2. The average molecular weight is 382 g/mol. The first-order valence-electron chi connectivity index (χ1n) is 9.71. The molecule has 2 atom stereocenters. The second kappa shape index (κ2) is 8.23. The van der Waals surface area contributed by atoms with Gasteiger partial charge in [-0.3, -0.25) is 15.1 Å². The molecule has 4 nitrogen and oxygen atoms in total. The Hall–Kier alpha value is -3.53. The molecule has 4 heteroatoms. The molecule has 1 aliphatic heterocycles. The molecule has 0 bridgehead atoms. The Balaban J connectivity index is 1.95. The number of nitrogens with zero attached hydrogens (tertiary/aromatic N) is 2. The quantitative estimate of drug-likeness (QED) is 0.429. The SMILES string of the molecule is CC1=NC(Cc2ccccc2)=C(c2ccccc2)C(c2ccccc2)C1[N+](=O)[O-]. The minimum absolute atomic E-state index is 0.196. The molecule has 0 fully saturated rings. The lowest BCUT2D eigenvalue weighted by atomic mass is 9.76. The van der Waals surface area contributed by atoms with E-state index in [2.05, 4.69) is 12.1 Å². The molecule has 0 saturated heterocycles. The minimum Gasteiger partial charge on any atom is -0.264 e. The van der Waals surface area contributed by atoms with Gasteiger partial charge in [0.1, 0.15) is 0 Å². The summed E-state index contributed by atoms with van der Waals surface area (Å²) in [5, 5.41) is 12.1. The van der Waals surface area contributed by atoms with Crippen LogP contribution in [-0.4, -0.2) is 16.7 Å². The molecule has 3 aromatic rings. The van der Waals surface area contributed by atoms with Crippen LogP contribution in [0.15, 0.2) is 102 Å². The van der Waals surface area contributed by atoms with Crippen molar-refractivity contribution in [3.8, 4) is 0 Å². The number of rotatable bonds is 5. The molecular weight excluding hydrogens is 360 g/mol. The lowest BCUT2D eigenvalue weighted by Gasteiger charge is -2.30. The highest BCUT2D eigenvalue weighted by Gasteiger charge is 2.42. The molecule has 0 spiro atoms. The van der Waals surface area contributed by atoms with Crippen LogP contribution < -0.4 is 0 Å². The van der Waals surface area contributed by atoms with E-state index < -0.39 is 6.04 Å². The summed E-state index contributed by atoms with van der Waals surface area (Å²) in [6.07, 6.45) is 0.635. The normalized spacial score (nSPS) is 19.0.